The van der Waals surface area contributed by atoms with Gasteiger partial charge in [-0.25, -0.2) is 18.1 Å². The fourth-order valence-corrected chi connectivity index (χ4v) is 5.23. The number of aromatic nitrogens is 2. The van der Waals surface area contributed by atoms with Crippen LogP contribution >= 0.6 is 19.4 Å². The Kier molecular flexibility index (Phi) is 9.07. The van der Waals surface area contributed by atoms with Gasteiger partial charge in [-0.05, 0) is 48.5 Å². The third-order valence-corrected chi connectivity index (χ3v) is 7.64. The number of benzene rings is 2. The molecule has 0 radical (unpaired) electrons. The van der Waals surface area contributed by atoms with Crippen LogP contribution in [0.15, 0.2) is 59.5 Å². The third kappa shape index (κ3) is 6.40. The zero-order valence-corrected chi connectivity index (χ0v) is 23.1. The number of nitrogens with two attached hydrogens (primary N) is 1. The second-order valence-electron chi connectivity index (χ2n) is 8.62. The first-order chi connectivity index (χ1) is 19.4. The molecule has 1 aromatic heterocycles. The molecule has 2 aromatic carbocycles. The molecule has 4 rings (SSSR count). The Morgan fingerprint density at radius 2 is 1.54 bits per heavy atom. The molecule has 3 aromatic rings. The lowest BCUT2D eigenvalue weighted by atomic mass is 9.96. The van der Waals surface area contributed by atoms with E-state index in [1.54, 1.807) is 0 Å². The fraction of sp³-hybridized carbons (Fsp3) is 0.333. The van der Waals surface area contributed by atoms with E-state index in [1.165, 1.54) is 62.8 Å². The Balaban J connectivity index is 1.65. The number of phosphoric acid groups is 1. The molecule has 4 atom stereocenters. The van der Waals surface area contributed by atoms with Gasteiger partial charge >= 0.3 is 13.5 Å². The van der Waals surface area contributed by atoms with E-state index in [-0.39, 0.29) is 22.3 Å². The van der Waals surface area contributed by atoms with Crippen LogP contribution in [-0.2, 0) is 13.8 Å². The van der Waals surface area contributed by atoms with Gasteiger partial charge in [0.15, 0.2) is 11.8 Å². The van der Waals surface area contributed by atoms with Crippen molar-refractivity contribution in [3.63, 3.8) is 0 Å². The number of ether oxygens (including phenoxy) is 3. The van der Waals surface area contributed by atoms with Gasteiger partial charge < -0.3 is 39.2 Å². The number of nitrogens with zero attached hydrogens (tertiary/aromatic N) is 2. The summed E-state index contributed by atoms with van der Waals surface area (Å²) in [6.45, 7) is -1.33. The van der Waals surface area contributed by atoms with E-state index >= 15 is 0 Å². The first kappa shape index (κ1) is 30.5. The maximum Gasteiger partial charge on any atom is 0.587 e. The molecule has 222 valence electrons. The number of hydrogen-bond donors (Lipinski definition) is 3. The highest BCUT2D eigenvalue weighted by molar-refractivity contribution is 7.49. The van der Waals surface area contributed by atoms with Crippen molar-refractivity contribution in [1.29, 1.82) is 0 Å². The first-order valence-corrected chi connectivity index (χ1v) is 13.5. The molecule has 1 aliphatic heterocycles. The van der Waals surface area contributed by atoms with Crippen LogP contribution in [0.5, 0.6) is 23.0 Å². The van der Waals surface area contributed by atoms with Crippen LogP contribution in [0.3, 0.4) is 0 Å². The van der Waals surface area contributed by atoms with Crippen molar-refractivity contribution in [3.8, 4) is 23.0 Å². The smallest absolute Gasteiger partial charge is 0.497 e. The van der Waals surface area contributed by atoms with Gasteiger partial charge in [-0.3, -0.25) is 9.09 Å². The summed E-state index contributed by atoms with van der Waals surface area (Å²) in [6, 6.07) is 11.3. The summed E-state index contributed by atoms with van der Waals surface area (Å²) >= 11 is 5.89. The Bertz CT molecular complexity index is 1410. The molecule has 13 nitrogen and oxygen atoms in total. The standard InChI is InChI=1S/C24H25ClF2N3O10P/c1-35-13-3-7-15(8-4-13)39-41(34,40-16-9-5-14(36-2)6-10-16)37-12-24(22(26)27)19(32)18(31)21(38-24)30-11-17(25)20(28)29-23(30)33/h3-11,18-19,21-22,31-32H,12H2,1-2H3,(H2,28,29,33)/t18-,19+,21-,24-/m1/s1. The summed E-state index contributed by atoms with van der Waals surface area (Å²) in [6.07, 6.45) is -8.99. The SMILES string of the molecule is COc1ccc(OP(=O)(OC[C@@]2(C(F)F)O[C@@H](n3cc(Cl)c(N)nc3=O)[C@H](O)[C@@H]2O)Oc2ccc(OC)cc2)cc1. The number of aliphatic hydroxyl groups is 2. The minimum Gasteiger partial charge on any atom is -0.497 e. The third-order valence-electron chi connectivity index (χ3n) is 6.04. The van der Waals surface area contributed by atoms with Gasteiger partial charge in [0, 0.05) is 6.20 Å². The molecule has 1 fully saturated rings. The van der Waals surface area contributed by atoms with Gasteiger partial charge in [0.05, 0.1) is 25.8 Å². The van der Waals surface area contributed by atoms with E-state index in [4.69, 9.17) is 45.1 Å². The number of phosphoric ester groups is 1. The van der Waals surface area contributed by atoms with Crippen molar-refractivity contribution in [3.05, 3.63) is 70.2 Å². The van der Waals surface area contributed by atoms with E-state index in [1.807, 2.05) is 0 Å². The fourth-order valence-electron chi connectivity index (χ4n) is 3.82. The lowest BCUT2D eigenvalue weighted by Crippen LogP contribution is -2.52. The second-order valence-corrected chi connectivity index (χ2v) is 10.5. The van der Waals surface area contributed by atoms with E-state index in [9.17, 15) is 28.4 Å². The molecule has 1 aliphatic rings. The van der Waals surface area contributed by atoms with Gasteiger partial charge in [-0.2, -0.15) is 4.98 Å². The van der Waals surface area contributed by atoms with E-state index < -0.39 is 50.6 Å². The van der Waals surface area contributed by atoms with Crippen molar-refractivity contribution in [2.75, 3.05) is 26.6 Å². The number of hydrogen-bond acceptors (Lipinski definition) is 12. The summed E-state index contributed by atoms with van der Waals surface area (Å²) in [5.74, 6) is 0.436. The van der Waals surface area contributed by atoms with Gasteiger partial charge in [0.2, 0.25) is 0 Å². The van der Waals surface area contributed by atoms with E-state index in [0.29, 0.717) is 16.1 Å². The van der Waals surface area contributed by atoms with Gasteiger partial charge in [-0.1, -0.05) is 11.6 Å². The number of methoxy groups -OCH3 is 2. The first-order valence-electron chi connectivity index (χ1n) is 11.7. The molecule has 0 saturated carbocycles. The maximum atomic E-state index is 14.5. The number of rotatable bonds is 11. The predicted octanol–water partition coefficient (Wildman–Crippen LogP) is 3.03. The minimum absolute atomic E-state index is 0.0475. The molecule has 17 heteroatoms. The van der Waals surface area contributed by atoms with Crippen LogP contribution in [0.4, 0.5) is 14.6 Å². The molecular weight excluding hydrogens is 595 g/mol. The largest absolute Gasteiger partial charge is 0.587 e. The number of aliphatic hydroxyl groups excluding tert-OH is 2. The Hall–Kier alpha value is -3.46. The van der Waals surface area contributed by atoms with Crippen LogP contribution in [0.1, 0.15) is 6.23 Å². The summed E-state index contributed by atoms with van der Waals surface area (Å²) in [4.78, 5) is 15.8. The monoisotopic (exact) mass is 619 g/mol. The number of nitrogen functional groups attached to an aromatic ring is 1. The molecule has 0 spiro atoms. The lowest BCUT2D eigenvalue weighted by molar-refractivity contribution is -0.193. The Labute approximate surface area is 236 Å². The summed E-state index contributed by atoms with van der Waals surface area (Å²) in [7, 11) is -1.96. The predicted molar refractivity (Wildman–Crippen MR) is 140 cm³/mol. The maximum absolute atomic E-state index is 14.5. The van der Waals surface area contributed by atoms with Crippen molar-refractivity contribution in [2.45, 2.75) is 30.5 Å². The summed E-state index contributed by atoms with van der Waals surface area (Å²) < 4.78 is 75.1. The summed E-state index contributed by atoms with van der Waals surface area (Å²) in [5, 5.41) is 21.0. The summed E-state index contributed by atoms with van der Waals surface area (Å²) in [5.41, 5.74) is 1.36. The average molecular weight is 620 g/mol. The molecule has 0 bridgehead atoms. The molecule has 2 heterocycles. The Morgan fingerprint density at radius 3 is 2.00 bits per heavy atom. The minimum atomic E-state index is -4.81. The van der Waals surface area contributed by atoms with Crippen LogP contribution in [0, 0.1) is 0 Å². The second kappa shape index (κ2) is 12.2. The highest BCUT2D eigenvalue weighted by atomic mass is 35.5. The van der Waals surface area contributed by atoms with E-state index in [0.717, 1.165) is 6.20 Å². The average Bonchev–Trinajstić information content (AvgIpc) is 3.21. The van der Waals surface area contributed by atoms with E-state index in [2.05, 4.69) is 4.98 Å². The molecule has 41 heavy (non-hydrogen) atoms. The molecule has 0 unspecified atom stereocenters. The number of halogens is 3. The molecular formula is C24H25ClF2N3O10P. The van der Waals surface area contributed by atoms with Crippen LogP contribution in [0.25, 0.3) is 0 Å². The van der Waals surface area contributed by atoms with Gasteiger partial charge in [0.25, 0.3) is 6.43 Å². The zero-order valence-electron chi connectivity index (χ0n) is 21.4. The zero-order chi connectivity index (χ0) is 29.9. The molecule has 4 N–H and O–H groups in total. The molecule has 1 saturated heterocycles. The topological polar surface area (TPSA) is 174 Å². The van der Waals surface area contributed by atoms with Crippen molar-refractivity contribution in [1.82, 2.24) is 9.55 Å². The van der Waals surface area contributed by atoms with Crippen LogP contribution < -0.4 is 29.9 Å². The quantitative estimate of drug-likeness (QED) is 0.268. The van der Waals surface area contributed by atoms with Crippen molar-refractivity contribution >= 4 is 25.2 Å². The van der Waals surface area contributed by atoms with Crippen molar-refractivity contribution < 1.29 is 51.3 Å². The highest BCUT2D eigenvalue weighted by Crippen LogP contribution is 2.52. The lowest BCUT2D eigenvalue weighted by Gasteiger charge is -2.31. The Morgan fingerprint density at radius 1 is 1.05 bits per heavy atom. The number of anilines is 1. The number of alkyl halides is 2. The van der Waals surface area contributed by atoms with Gasteiger partial charge in [-0.15, -0.1) is 0 Å². The van der Waals surface area contributed by atoms with Crippen LogP contribution in [-0.4, -0.2) is 64.8 Å². The normalized spacial score (nSPS) is 22.5. The highest BCUT2D eigenvalue weighted by Gasteiger charge is 2.62. The van der Waals surface area contributed by atoms with Gasteiger partial charge in [0.1, 0.15) is 41.0 Å². The van der Waals surface area contributed by atoms with Crippen molar-refractivity contribution in [2.24, 2.45) is 0 Å². The van der Waals surface area contributed by atoms with Crippen LogP contribution in [0.2, 0.25) is 5.02 Å². The molecule has 0 aliphatic carbocycles. The molecule has 0 amide bonds.